The lowest BCUT2D eigenvalue weighted by atomic mass is 9.96. The van der Waals surface area contributed by atoms with Gasteiger partial charge in [0.25, 0.3) is 0 Å². The molecule has 21 heavy (non-hydrogen) atoms. The molecule has 5 heteroatoms. The Morgan fingerprint density at radius 1 is 1.05 bits per heavy atom. The highest BCUT2D eigenvalue weighted by molar-refractivity contribution is 5.33. The molecule has 1 nitrogen and oxygen atoms in total. The largest absolute Gasteiger partial charge is 0.416 e. The second-order valence-corrected chi connectivity index (χ2v) is 4.93. The van der Waals surface area contributed by atoms with Crippen LogP contribution < -0.4 is 0 Å². The first-order valence-electron chi connectivity index (χ1n) is 6.37. The van der Waals surface area contributed by atoms with Crippen molar-refractivity contribution < 1.29 is 22.7 Å². The summed E-state index contributed by atoms with van der Waals surface area (Å²) in [6, 6.07) is 9.44. The topological polar surface area (TPSA) is 20.2 Å². The van der Waals surface area contributed by atoms with Crippen LogP contribution in [0.4, 0.5) is 17.6 Å². The zero-order valence-corrected chi connectivity index (χ0v) is 11.3. The van der Waals surface area contributed by atoms with E-state index in [1.54, 1.807) is 12.1 Å². The maximum Gasteiger partial charge on any atom is 0.416 e. The fourth-order valence-corrected chi connectivity index (χ4v) is 2.12. The SMILES string of the molecule is Cc1ccc(CC(O)c2ccc(F)cc2C(F)(F)F)cc1. The Morgan fingerprint density at radius 3 is 2.24 bits per heavy atom. The average Bonchev–Trinajstić information content (AvgIpc) is 2.40. The molecule has 0 heterocycles. The maximum atomic E-state index is 13.0. The normalized spacial score (nSPS) is 13.2. The number of alkyl halides is 3. The lowest BCUT2D eigenvalue weighted by Crippen LogP contribution is -2.14. The van der Waals surface area contributed by atoms with Gasteiger partial charge < -0.3 is 5.11 Å². The number of rotatable bonds is 3. The van der Waals surface area contributed by atoms with E-state index >= 15 is 0 Å². The van der Waals surface area contributed by atoms with Gasteiger partial charge in [-0.05, 0) is 30.2 Å². The third kappa shape index (κ3) is 3.82. The van der Waals surface area contributed by atoms with Crippen LogP contribution in [-0.4, -0.2) is 5.11 Å². The summed E-state index contributed by atoms with van der Waals surface area (Å²) in [5.74, 6) is -0.978. The highest BCUT2D eigenvalue weighted by Gasteiger charge is 2.35. The minimum absolute atomic E-state index is 0.0367. The molecule has 0 aliphatic heterocycles. The summed E-state index contributed by atoms with van der Waals surface area (Å²) < 4.78 is 51.7. The van der Waals surface area contributed by atoms with Gasteiger partial charge in [-0.2, -0.15) is 13.2 Å². The molecule has 0 bridgehead atoms. The van der Waals surface area contributed by atoms with Crippen molar-refractivity contribution in [2.75, 3.05) is 0 Å². The van der Waals surface area contributed by atoms with Gasteiger partial charge in [0.1, 0.15) is 5.82 Å². The van der Waals surface area contributed by atoms with Crippen LogP contribution in [0, 0.1) is 12.7 Å². The van der Waals surface area contributed by atoms with Gasteiger partial charge in [0.2, 0.25) is 0 Å². The monoisotopic (exact) mass is 298 g/mol. The van der Waals surface area contributed by atoms with Crippen molar-refractivity contribution in [1.82, 2.24) is 0 Å². The second kappa shape index (κ2) is 5.85. The molecule has 0 spiro atoms. The van der Waals surface area contributed by atoms with Crippen LogP contribution in [0.15, 0.2) is 42.5 Å². The van der Waals surface area contributed by atoms with E-state index in [2.05, 4.69) is 0 Å². The van der Waals surface area contributed by atoms with Gasteiger partial charge >= 0.3 is 6.18 Å². The molecule has 0 saturated carbocycles. The predicted molar refractivity (Wildman–Crippen MR) is 71.2 cm³/mol. The van der Waals surface area contributed by atoms with Crippen molar-refractivity contribution in [1.29, 1.82) is 0 Å². The van der Waals surface area contributed by atoms with Crippen LogP contribution in [0.5, 0.6) is 0 Å². The lowest BCUT2D eigenvalue weighted by molar-refractivity contribution is -0.139. The Bertz CT molecular complexity index is 617. The fraction of sp³-hybridized carbons (Fsp3) is 0.250. The average molecular weight is 298 g/mol. The van der Waals surface area contributed by atoms with Gasteiger partial charge in [-0.25, -0.2) is 4.39 Å². The predicted octanol–water partition coefficient (Wildman–Crippen LogP) is 4.43. The quantitative estimate of drug-likeness (QED) is 0.831. The number of aliphatic hydroxyl groups is 1. The first-order chi connectivity index (χ1) is 9.77. The standard InChI is InChI=1S/C16H14F4O/c1-10-2-4-11(5-3-10)8-15(21)13-7-6-12(17)9-14(13)16(18,19)20/h2-7,9,15,21H,8H2,1H3. The molecule has 0 saturated heterocycles. The van der Waals surface area contributed by atoms with Crippen LogP contribution in [0.3, 0.4) is 0 Å². The van der Waals surface area contributed by atoms with Crippen molar-refractivity contribution in [2.45, 2.75) is 25.6 Å². The molecule has 0 amide bonds. The van der Waals surface area contributed by atoms with Gasteiger partial charge in [-0.3, -0.25) is 0 Å². The Kier molecular flexibility index (Phi) is 4.32. The second-order valence-electron chi connectivity index (χ2n) is 4.93. The van der Waals surface area contributed by atoms with Crippen molar-refractivity contribution in [3.63, 3.8) is 0 Å². The summed E-state index contributed by atoms with van der Waals surface area (Å²) in [6.07, 6.45) is -6.01. The number of aliphatic hydroxyl groups excluding tert-OH is 1. The van der Waals surface area contributed by atoms with Gasteiger partial charge in [0.05, 0.1) is 11.7 Å². The molecular weight excluding hydrogens is 284 g/mol. The lowest BCUT2D eigenvalue weighted by Gasteiger charge is -2.18. The first kappa shape index (κ1) is 15.5. The molecule has 0 aliphatic carbocycles. The van der Waals surface area contributed by atoms with E-state index in [-0.39, 0.29) is 12.0 Å². The third-order valence-electron chi connectivity index (χ3n) is 3.23. The van der Waals surface area contributed by atoms with Crippen molar-refractivity contribution in [3.8, 4) is 0 Å². The van der Waals surface area contributed by atoms with E-state index in [4.69, 9.17) is 0 Å². The minimum Gasteiger partial charge on any atom is -0.388 e. The summed E-state index contributed by atoms with van der Waals surface area (Å²) in [7, 11) is 0. The molecule has 2 aromatic rings. The molecule has 1 unspecified atom stereocenters. The number of benzene rings is 2. The summed E-state index contributed by atoms with van der Waals surface area (Å²) in [5, 5.41) is 10.1. The van der Waals surface area contributed by atoms with Crippen molar-refractivity contribution in [3.05, 3.63) is 70.5 Å². The highest BCUT2D eigenvalue weighted by Crippen LogP contribution is 2.36. The summed E-state index contributed by atoms with van der Waals surface area (Å²) in [5.41, 5.74) is 0.281. The van der Waals surface area contributed by atoms with E-state index in [0.29, 0.717) is 11.6 Å². The van der Waals surface area contributed by atoms with E-state index < -0.39 is 23.7 Å². The minimum atomic E-state index is -4.70. The van der Waals surface area contributed by atoms with E-state index in [1.807, 2.05) is 19.1 Å². The zero-order chi connectivity index (χ0) is 15.6. The van der Waals surface area contributed by atoms with Crippen LogP contribution >= 0.6 is 0 Å². The maximum absolute atomic E-state index is 13.0. The van der Waals surface area contributed by atoms with Crippen LogP contribution in [-0.2, 0) is 12.6 Å². The van der Waals surface area contributed by atoms with Crippen LogP contribution in [0.2, 0.25) is 0 Å². The van der Waals surface area contributed by atoms with Gasteiger partial charge in [0.15, 0.2) is 0 Å². The zero-order valence-electron chi connectivity index (χ0n) is 11.3. The summed E-state index contributed by atoms with van der Waals surface area (Å²) >= 11 is 0. The molecule has 0 aliphatic rings. The van der Waals surface area contributed by atoms with Gasteiger partial charge in [-0.1, -0.05) is 35.9 Å². The van der Waals surface area contributed by atoms with Crippen LogP contribution in [0.25, 0.3) is 0 Å². The smallest absolute Gasteiger partial charge is 0.388 e. The Labute approximate surface area is 119 Å². The molecule has 2 aromatic carbocycles. The molecule has 0 fully saturated rings. The fourth-order valence-electron chi connectivity index (χ4n) is 2.12. The van der Waals surface area contributed by atoms with E-state index in [0.717, 1.165) is 17.7 Å². The van der Waals surface area contributed by atoms with E-state index in [9.17, 15) is 22.7 Å². The highest BCUT2D eigenvalue weighted by atomic mass is 19.4. The Balaban J connectivity index is 2.30. The van der Waals surface area contributed by atoms with Crippen LogP contribution in [0.1, 0.15) is 28.4 Å². The number of aryl methyl sites for hydroxylation is 1. The Hall–Kier alpha value is -1.88. The van der Waals surface area contributed by atoms with Gasteiger partial charge in [-0.15, -0.1) is 0 Å². The molecule has 2 rings (SSSR count). The summed E-state index contributed by atoms with van der Waals surface area (Å²) in [4.78, 5) is 0. The molecule has 0 radical (unpaired) electrons. The van der Waals surface area contributed by atoms with Crippen molar-refractivity contribution >= 4 is 0 Å². The molecular formula is C16H14F4O. The molecule has 112 valence electrons. The number of hydrogen-bond acceptors (Lipinski definition) is 1. The third-order valence-corrected chi connectivity index (χ3v) is 3.23. The first-order valence-corrected chi connectivity index (χ1v) is 6.37. The molecule has 0 aromatic heterocycles. The van der Waals surface area contributed by atoms with Gasteiger partial charge in [0, 0.05) is 6.42 Å². The van der Waals surface area contributed by atoms with E-state index in [1.165, 1.54) is 0 Å². The molecule has 1 atom stereocenters. The molecule has 1 N–H and O–H groups in total. The number of hydrogen-bond donors (Lipinski definition) is 1. The number of halogens is 4. The van der Waals surface area contributed by atoms with Crippen molar-refractivity contribution in [2.24, 2.45) is 0 Å². The Morgan fingerprint density at radius 2 is 1.67 bits per heavy atom. The summed E-state index contributed by atoms with van der Waals surface area (Å²) in [6.45, 7) is 1.89.